The lowest BCUT2D eigenvalue weighted by Gasteiger charge is -2.61. The second-order valence-electron chi connectivity index (χ2n) is 10.5. The molecule has 0 aliphatic heterocycles. The molecule has 27 heavy (non-hydrogen) atoms. The Balaban J connectivity index is 1.68. The molecule has 4 aliphatic rings. The Kier molecular flexibility index (Phi) is 4.76. The summed E-state index contributed by atoms with van der Waals surface area (Å²) in [5.41, 5.74) is 0.402. The molecule has 0 spiro atoms. The number of ketones is 2. The Morgan fingerprint density at radius 1 is 1.04 bits per heavy atom. The van der Waals surface area contributed by atoms with E-state index in [0.29, 0.717) is 48.6 Å². The summed E-state index contributed by atoms with van der Waals surface area (Å²) in [6.07, 6.45) is 9.57. The average molecular weight is 370 g/mol. The first kappa shape index (κ1) is 19.2. The molecule has 0 bridgehead atoms. The quantitative estimate of drug-likeness (QED) is 0.675. The average Bonchev–Trinajstić information content (AvgIpc) is 2.98. The van der Waals surface area contributed by atoms with Gasteiger partial charge in [0.2, 0.25) is 0 Å². The van der Waals surface area contributed by atoms with E-state index in [2.05, 4.69) is 26.8 Å². The van der Waals surface area contributed by atoms with Crippen molar-refractivity contribution in [2.24, 2.45) is 46.3 Å². The van der Waals surface area contributed by atoms with Crippen LogP contribution in [0, 0.1) is 57.7 Å². The molecular weight excluding hydrogens is 334 g/mol. The second-order valence-corrected chi connectivity index (χ2v) is 10.5. The molecule has 0 saturated heterocycles. The lowest BCUT2D eigenvalue weighted by molar-refractivity contribution is -0.169. The van der Waals surface area contributed by atoms with Gasteiger partial charge in [0.15, 0.2) is 0 Å². The van der Waals surface area contributed by atoms with E-state index in [-0.39, 0.29) is 28.6 Å². The molecule has 0 aromatic heterocycles. The van der Waals surface area contributed by atoms with Crippen LogP contribution in [0.15, 0.2) is 0 Å². The van der Waals surface area contributed by atoms with Crippen LogP contribution in [-0.4, -0.2) is 11.6 Å². The normalized spacial score (nSPS) is 49.1. The first-order chi connectivity index (χ1) is 12.9. The molecule has 3 heteroatoms. The topological polar surface area (TPSA) is 57.9 Å². The molecule has 4 aliphatic carbocycles. The van der Waals surface area contributed by atoms with Crippen LogP contribution in [0.25, 0.3) is 0 Å². The standard InChI is InChI=1S/C24H35NO2/c1-4-17-20-14-16(26)9-11-24(20,3)19-10-12-23(2)15(6-5-13-25)7-8-18(23)21(19)22(17)27/h15,17-21H,4-12,14H2,1-3H3/t15?,17-,18?,19?,20?,21?,23?,24?/m0/s1. The highest BCUT2D eigenvalue weighted by Crippen LogP contribution is 2.68. The largest absolute Gasteiger partial charge is 0.300 e. The maximum Gasteiger partial charge on any atom is 0.139 e. The van der Waals surface area contributed by atoms with Crippen molar-refractivity contribution >= 4 is 11.6 Å². The Bertz CT molecular complexity index is 678. The lowest BCUT2D eigenvalue weighted by atomic mass is 9.42. The number of hydrogen-bond acceptors (Lipinski definition) is 3. The van der Waals surface area contributed by atoms with E-state index in [4.69, 9.17) is 5.26 Å². The van der Waals surface area contributed by atoms with Crippen LogP contribution in [0.5, 0.6) is 0 Å². The van der Waals surface area contributed by atoms with Gasteiger partial charge in [0.1, 0.15) is 11.6 Å². The van der Waals surface area contributed by atoms with Crippen molar-refractivity contribution < 1.29 is 9.59 Å². The predicted octanol–water partition coefficient (Wildman–Crippen LogP) is 5.33. The van der Waals surface area contributed by atoms with Gasteiger partial charge in [-0.15, -0.1) is 0 Å². The number of carbonyl (C=O) groups is 2. The van der Waals surface area contributed by atoms with Crippen LogP contribution in [0.3, 0.4) is 0 Å². The zero-order valence-electron chi connectivity index (χ0n) is 17.3. The third-order valence-electron chi connectivity index (χ3n) is 9.78. The fourth-order valence-corrected chi connectivity index (χ4v) is 8.27. The first-order valence-electron chi connectivity index (χ1n) is 11.3. The fraction of sp³-hybridized carbons (Fsp3) is 0.875. The van der Waals surface area contributed by atoms with E-state index < -0.39 is 0 Å². The molecule has 0 N–H and O–H groups in total. The van der Waals surface area contributed by atoms with Crippen LogP contribution < -0.4 is 0 Å². The second kappa shape index (κ2) is 6.71. The summed E-state index contributed by atoms with van der Waals surface area (Å²) in [5.74, 6) is 3.01. The smallest absolute Gasteiger partial charge is 0.139 e. The van der Waals surface area contributed by atoms with Gasteiger partial charge in [-0.3, -0.25) is 9.59 Å². The molecule has 4 rings (SSSR count). The van der Waals surface area contributed by atoms with Gasteiger partial charge in [0.05, 0.1) is 6.07 Å². The van der Waals surface area contributed by atoms with Crippen molar-refractivity contribution in [3.05, 3.63) is 0 Å². The number of nitrogens with zero attached hydrogens (tertiary/aromatic N) is 1. The maximum absolute atomic E-state index is 13.7. The summed E-state index contributed by atoms with van der Waals surface area (Å²) < 4.78 is 0. The minimum Gasteiger partial charge on any atom is -0.300 e. The first-order valence-corrected chi connectivity index (χ1v) is 11.3. The van der Waals surface area contributed by atoms with Crippen molar-refractivity contribution in [1.29, 1.82) is 5.26 Å². The minimum absolute atomic E-state index is 0.0843. The number of hydrogen-bond donors (Lipinski definition) is 0. The van der Waals surface area contributed by atoms with Crippen LogP contribution in [0.4, 0.5) is 0 Å². The Labute approximate surface area is 164 Å². The summed E-state index contributed by atoms with van der Waals surface area (Å²) in [5, 5.41) is 9.06. The lowest BCUT2D eigenvalue weighted by Crippen LogP contribution is -2.60. The van der Waals surface area contributed by atoms with Gasteiger partial charge in [0.25, 0.3) is 0 Å². The summed E-state index contributed by atoms with van der Waals surface area (Å²) in [4.78, 5) is 26.0. The van der Waals surface area contributed by atoms with Gasteiger partial charge < -0.3 is 0 Å². The van der Waals surface area contributed by atoms with E-state index in [0.717, 1.165) is 32.1 Å². The molecule has 0 aromatic carbocycles. The fourth-order valence-electron chi connectivity index (χ4n) is 8.27. The van der Waals surface area contributed by atoms with Crippen LogP contribution >= 0.6 is 0 Å². The molecule has 0 radical (unpaired) electrons. The van der Waals surface area contributed by atoms with Crippen molar-refractivity contribution in [1.82, 2.24) is 0 Å². The van der Waals surface area contributed by atoms with Gasteiger partial charge in [-0.1, -0.05) is 20.8 Å². The van der Waals surface area contributed by atoms with Gasteiger partial charge in [0, 0.05) is 31.1 Å². The number of Topliss-reactive ketones (excluding diaryl/α,β-unsaturated/α-hetero) is 2. The van der Waals surface area contributed by atoms with Crippen LogP contribution in [-0.2, 0) is 9.59 Å². The molecule has 0 aromatic rings. The molecule has 7 unspecified atom stereocenters. The molecule has 4 saturated carbocycles. The van der Waals surface area contributed by atoms with E-state index in [1.165, 1.54) is 12.8 Å². The van der Waals surface area contributed by atoms with Gasteiger partial charge in [-0.2, -0.15) is 5.26 Å². The highest BCUT2D eigenvalue weighted by molar-refractivity contribution is 5.88. The monoisotopic (exact) mass is 369 g/mol. The van der Waals surface area contributed by atoms with E-state index >= 15 is 0 Å². The Hall–Kier alpha value is -1.17. The van der Waals surface area contributed by atoms with Crippen LogP contribution in [0.1, 0.15) is 85.0 Å². The Morgan fingerprint density at radius 2 is 1.78 bits per heavy atom. The number of rotatable bonds is 3. The van der Waals surface area contributed by atoms with E-state index in [1.807, 2.05) is 0 Å². The molecule has 0 amide bonds. The van der Waals surface area contributed by atoms with E-state index in [9.17, 15) is 9.59 Å². The third kappa shape index (κ3) is 2.65. The van der Waals surface area contributed by atoms with Crippen molar-refractivity contribution in [3.8, 4) is 6.07 Å². The summed E-state index contributed by atoms with van der Waals surface area (Å²) >= 11 is 0. The van der Waals surface area contributed by atoms with Crippen molar-refractivity contribution in [2.45, 2.75) is 85.0 Å². The Morgan fingerprint density at radius 3 is 2.48 bits per heavy atom. The van der Waals surface area contributed by atoms with E-state index in [1.54, 1.807) is 0 Å². The molecule has 8 atom stereocenters. The zero-order valence-corrected chi connectivity index (χ0v) is 17.3. The number of carbonyl (C=O) groups excluding carboxylic acids is 2. The maximum atomic E-state index is 13.7. The van der Waals surface area contributed by atoms with Crippen LogP contribution in [0.2, 0.25) is 0 Å². The number of fused-ring (bicyclic) bond motifs is 5. The van der Waals surface area contributed by atoms with Crippen molar-refractivity contribution in [2.75, 3.05) is 0 Å². The van der Waals surface area contributed by atoms with Crippen molar-refractivity contribution in [3.63, 3.8) is 0 Å². The predicted molar refractivity (Wildman–Crippen MR) is 105 cm³/mol. The molecule has 148 valence electrons. The zero-order chi connectivity index (χ0) is 19.4. The number of nitriles is 1. The SMILES string of the molecule is CC[C@@H]1C(=O)C2C3CCC(CCC#N)C3(C)CCC2C2(C)CCC(=O)CC12. The summed E-state index contributed by atoms with van der Waals surface area (Å²) in [6, 6.07) is 2.34. The minimum atomic E-state index is 0.0843. The molecule has 3 nitrogen and oxygen atoms in total. The molecular formula is C24H35NO2. The summed E-state index contributed by atoms with van der Waals surface area (Å²) in [7, 11) is 0. The third-order valence-corrected chi connectivity index (χ3v) is 9.78. The molecule has 0 heterocycles. The van der Waals surface area contributed by atoms with Gasteiger partial charge >= 0.3 is 0 Å². The molecule has 4 fully saturated rings. The van der Waals surface area contributed by atoms with Gasteiger partial charge in [-0.25, -0.2) is 0 Å². The highest BCUT2D eigenvalue weighted by atomic mass is 16.1. The summed E-state index contributed by atoms with van der Waals surface area (Å²) in [6.45, 7) is 6.99. The highest BCUT2D eigenvalue weighted by Gasteiger charge is 2.64. The van der Waals surface area contributed by atoms with Gasteiger partial charge in [-0.05, 0) is 79.4 Å².